The Balaban J connectivity index is 1.46. The first-order valence-corrected chi connectivity index (χ1v) is 9.92. The molecule has 116 valence electrons. The van der Waals surface area contributed by atoms with E-state index < -0.39 is 0 Å². The van der Waals surface area contributed by atoms with Gasteiger partial charge in [-0.15, -0.1) is 0 Å². The summed E-state index contributed by atoms with van der Waals surface area (Å²) in [6.45, 7) is 3.45. The molecule has 2 rings (SSSR count). The van der Waals surface area contributed by atoms with Crippen LogP contribution in [-0.2, 0) is 0 Å². The molecule has 20 heavy (non-hydrogen) atoms. The molecule has 0 spiro atoms. The van der Waals surface area contributed by atoms with Crippen LogP contribution in [0.1, 0.15) is 103 Å². The molecule has 0 nitrogen and oxygen atoms in total. The molecule has 2 bridgehead atoms. The van der Waals surface area contributed by atoms with Gasteiger partial charge in [0.15, 0.2) is 0 Å². The Labute approximate surface area is 128 Å². The van der Waals surface area contributed by atoms with Crippen LogP contribution in [0.4, 0.5) is 0 Å². The zero-order valence-electron chi connectivity index (χ0n) is 14.0. The first-order valence-electron chi connectivity index (χ1n) is 9.92. The maximum atomic E-state index is 2.31. The second-order valence-electron chi connectivity index (χ2n) is 7.66. The van der Waals surface area contributed by atoms with Gasteiger partial charge in [-0.25, -0.2) is 0 Å². The lowest BCUT2D eigenvalue weighted by molar-refractivity contribution is 0.439. The Morgan fingerprint density at radius 1 is 0.650 bits per heavy atom. The summed E-state index contributed by atoms with van der Waals surface area (Å²) in [5, 5.41) is 0. The molecule has 0 atom stereocenters. The fourth-order valence-electron chi connectivity index (χ4n) is 4.98. The van der Waals surface area contributed by atoms with E-state index in [9.17, 15) is 0 Å². The van der Waals surface area contributed by atoms with Crippen LogP contribution in [0, 0.1) is 0 Å². The summed E-state index contributed by atoms with van der Waals surface area (Å²) in [4.78, 5) is 0. The Bertz CT molecular complexity index is 216. The molecule has 2 aliphatic rings. The predicted octanol–water partition coefficient (Wildman–Crippen LogP) is 7.12. The molecule has 0 aromatic carbocycles. The molecule has 0 radical (unpaired) electrons. The highest BCUT2D eigenvalue weighted by atomic mass is 14.2. The minimum Gasteiger partial charge on any atom is -0.0737 e. The van der Waals surface area contributed by atoms with Crippen LogP contribution < -0.4 is 0 Å². The van der Waals surface area contributed by atoms with Crippen molar-refractivity contribution in [2.75, 3.05) is 0 Å². The highest BCUT2D eigenvalue weighted by Crippen LogP contribution is 2.48. The van der Waals surface area contributed by atoms with Crippen molar-refractivity contribution in [2.24, 2.45) is 0 Å². The van der Waals surface area contributed by atoms with Gasteiger partial charge >= 0.3 is 0 Å². The molecule has 2 aliphatic heterocycles. The quantitative estimate of drug-likeness (QED) is 0.294. The molecular weight excluding hydrogens is 239 g/mol. The number of unbranched alkanes of at least 4 members (excludes halogenated alkanes) is 8. The van der Waals surface area contributed by atoms with E-state index in [0.29, 0.717) is 0 Å². The standard InChI is InChI=1S/C19H37B/c1-2-3-4-5-6-7-8-9-10-17-20-18-13-11-14-19(20)16-12-15-18/h18-19H,2-17H2,1H3. The van der Waals surface area contributed by atoms with Gasteiger partial charge in [-0.05, 0) is 0 Å². The first kappa shape index (κ1) is 16.4. The van der Waals surface area contributed by atoms with Gasteiger partial charge in [0.25, 0.3) is 0 Å². The minimum atomic E-state index is 1.14. The van der Waals surface area contributed by atoms with Crippen molar-refractivity contribution < 1.29 is 0 Å². The summed E-state index contributed by atoms with van der Waals surface area (Å²) in [5.74, 6) is 2.27. The van der Waals surface area contributed by atoms with Crippen LogP contribution in [0.2, 0.25) is 18.0 Å². The lowest BCUT2D eigenvalue weighted by Gasteiger charge is -2.40. The first-order chi connectivity index (χ1) is 9.92. The van der Waals surface area contributed by atoms with Crippen molar-refractivity contribution in [1.29, 1.82) is 0 Å². The number of rotatable bonds is 10. The Morgan fingerprint density at radius 2 is 1.10 bits per heavy atom. The third-order valence-electron chi connectivity index (χ3n) is 6.15. The monoisotopic (exact) mass is 276 g/mol. The fourth-order valence-corrected chi connectivity index (χ4v) is 4.98. The molecule has 1 heteroatoms. The molecular formula is C19H37B. The summed E-state index contributed by atoms with van der Waals surface area (Å²) in [6, 6.07) is 0. The average Bonchev–Trinajstić information content (AvgIpc) is 2.45. The van der Waals surface area contributed by atoms with E-state index in [4.69, 9.17) is 0 Å². The Hall–Kier alpha value is 0.0649. The molecule has 0 aromatic rings. The van der Waals surface area contributed by atoms with Gasteiger partial charge in [-0.2, -0.15) is 0 Å². The van der Waals surface area contributed by atoms with Crippen LogP contribution in [0.15, 0.2) is 0 Å². The van der Waals surface area contributed by atoms with Gasteiger partial charge in [0.05, 0.1) is 0 Å². The molecule has 0 N–H and O–H groups in total. The third-order valence-corrected chi connectivity index (χ3v) is 6.15. The maximum Gasteiger partial charge on any atom is 0.146 e. The fraction of sp³-hybridized carbons (Fsp3) is 1.00. The van der Waals surface area contributed by atoms with Gasteiger partial charge in [-0.3, -0.25) is 0 Å². The zero-order valence-corrected chi connectivity index (χ0v) is 14.0. The van der Waals surface area contributed by atoms with Gasteiger partial charge < -0.3 is 0 Å². The van der Waals surface area contributed by atoms with E-state index in [1.165, 1.54) is 57.8 Å². The highest BCUT2D eigenvalue weighted by molar-refractivity contribution is 6.62. The van der Waals surface area contributed by atoms with Crippen LogP contribution in [0.25, 0.3) is 0 Å². The van der Waals surface area contributed by atoms with E-state index in [-0.39, 0.29) is 0 Å². The highest BCUT2D eigenvalue weighted by Gasteiger charge is 2.37. The van der Waals surface area contributed by atoms with Gasteiger partial charge in [0.2, 0.25) is 0 Å². The SMILES string of the molecule is CCCCCCCCCCCB1C2CCCC1CCC2. The summed E-state index contributed by atoms with van der Waals surface area (Å²) in [5.41, 5.74) is 0. The van der Waals surface area contributed by atoms with E-state index in [0.717, 1.165) is 18.3 Å². The molecule has 2 fully saturated rings. The topological polar surface area (TPSA) is 0 Å². The molecule has 2 saturated heterocycles. The van der Waals surface area contributed by atoms with Crippen LogP contribution in [0.5, 0.6) is 0 Å². The smallest absolute Gasteiger partial charge is 0.0737 e. The van der Waals surface area contributed by atoms with Crippen LogP contribution >= 0.6 is 0 Å². The number of hydrogen-bond donors (Lipinski definition) is 0. The van der Waals surface area contributed by atoms with Crippen molar-refractivity contribution in [3.8, 4) is 0 Å². The molecule has 0 unspecified atom stereocenters. The van der Waals surface area contributed by atoms with Crippen molar-refractivity contribution in [3.63, 3.8) is 0 Å². The van der Waals surface area contributed by atoms with E-state index in [2.05, 4.69) is 6.92 Å². The van der Waals surface area contributed by atoms with Crippen molar-refractivity contribution in [3.05, 3.63) is 0 Å². The average molecular weight is 276 g/mol. The largest absolute Gasteiger partial charge is 0.146 e. The van der Waals surface area contributed by atoms with E-state index >= 15 is 0 Å². The molecule has 0 aliphatic carbocycles. The zero-order chi connectivity index (χ0) is 14.0. The lowest BCUT2D eigenvalue weighted by atomic mass is 9.26. The van der Waals surface area contributed by atoms with Gasteiger partial charge in [-0.1, -0.05) is 121 Å². The molecule has 0 amide bonds. The van der Waals surface area contributed by atoms with Crippen molar-refractivity contribution in [1.82, 2.24) is 0 Å². The van der Waals surface area contributed by atoms with Gasteiger partial charge in [0.1, 0.15) is 6.71 Å². The van der Waals surface area contributed by atoms with Crippen LogP contribution in [-0.4, -0.2) is 6.71 Å². The summed E-state index contributed by atoms with van der Waals surface area (Å²) < 4.78 is 0. The maximum absolute atomic E-state index is 2.31. The molecule has 0 aromatic heterocycles. The van der Waals surface area contributed by atoms with E-state index in [1.807, 2.05) is 0 Å². The third kappa shape index (κ3) is 5.45. The van der Waals surface area contributed by atoms with Gasteiger partial charge in [0, 0.05) is 0 Å². The molecule has 2 heterocycles. The van der Waals surface area contributed by atoms with Crippen molar-refractivity contribution >= 4 is 6.71 Å². The second kappa shape index (κ2) is 9.90. The summed E-state index contributed by atoms with van der Waals surface area (Å²) in [7, 11) is 0. The van der Waals surface area contributed by atoms with E-state index in [1.54, 1.807) is 44.8 Å². The van der Waals surface area contributed by atoms with Crippen molar-refractivity contribution in [2.45, 2.75) is 121 Å². The summed E-state index contributed by atoms with van der Waals surface area (Å²) in [6.07, 6.45) is 24.3. The Kier molecular flexibility index (Phi) is 8.14. The number of hydrogen-bond acceptors (Lipinski definition) is 0. The number of fused-ring (bicyclic) bond motifs is 2. The predicted molar refractivity (Wildman–Crippen MR) is 93.0 cm³/mol. The lowest BCUT2D eigenvalue weighted by Crippen LogP contribution is -2.34. The summed E-state index contributed by atoms with van der Waals surface area (Å²) >= 11 is 0. The minimum absolute atomic E-state index is 1.14. The molecule has 0 saturated carbocycles. The normalized spacial score (nSPS) is 25.9. The second-order valence-corrected chi connectivity index (χ2v) is 7.66. The Morgan fingerprint density at radius 3 is 1.60 bits per heavy atom. The van der Waals surface area contributed by atoms with Crippen LogP contribution in [0.3, 0.4) is 0 Å².